The van der Waals surface area contributed by atoms with Crippen LogP contribution in [0.2, 0.25) is 0 Å². The van der Waals surface area contributed by atoms with Crippen LogP contribution in [0.25, 0.3) is 0 Å². The number of hydrogen-bond donors (Lipinski definition) is 2. The minimum absolute atomic E-state index is 0. The summed E-state index contributed by atoms with van der Waals surface area (Å²) < 4.78 is 5.58. The molecule has 2 rings (SSSR count). The summed E-state index contributed by atoms with van der Waals surface area (Å²) in [6.45, 7) is 11.2. The summed E-state index contributed by atoms with van der Waals surface area (Å²) >= 11 is 2.01. The Bertz CT molecular complexity index is 374. The van der Waals surface area contributed by atoms with Crippen LogP contribution < -0.4 is 5.32 Å². The zero-order valence-corrected chi connectivity index (χ0v) is 17.1. The van der Waals surface area contributed by atoms with Crippen molar-refractivity contribution >= 4 is 41.7 Å². The highest BCUT2D eigenvalue weighted by atomic mass is 127. The van der Waals surface area contributed by atoms with E-state index >= 15 is 0 Å². The number of aliphatic hydroxyl groups is 1. The van der Waals surface area contributed by atoms with E-state index < -0.39 is 5.60 Å². The number of ether oxygens (including phenoxy) is 1. The third-order valence-electron chi connectivity index (χ3n) is 4.01. The van der Waals surface area contributed by atoms with Crippen LogP contribution in [0, 0.1) is 0 Å². The van der Waals surface area contributed by atoms with Crippen LogP contribution in [0.15, 0.2) is 4.99 Å². The Balaban J connectivity index is 0.00000242. The van der Waals surface area contributed by atoms with Gasteiger partial charge in [0.15, 0.2) is 5.96 Å². The molecule has 2 heterocycles. The van der Waals surface area contributed by atoms with Crippen molar-refractivity contribution in [2.24, 2.45) is 4.99 Å². The number of thioether (sulfide) groups is 1. The average molecular weight is 443 g/mol. The second kappa shape index (κ2) is 8.94. The molecule has 0 bridgehead atoms. The van der Waals surface area contributed by atoms with Gasteiger partial charge in [-0.05, 0) is 20.8 Å². The predicted octanol–water partition coefficient (Wildman–Crippen LogP) is 1.94. The third-order valence-corrected chi connectivity index (χ3v) is 5.30. The lowest BCUT2D eigenvalue weighted by Gasteiger charge is -2.39. The molecule has 130 valence electrons. The van der Waals surface area contributed by atoms with Crippen LogP contribution >= 0.6 is 35.7 Å². The maximum atomic E-state index is 10.6. The predicted molar refractivity (Wildman–Crippen MR) is 105 cm³/mol. The molecule has 7 heteroatoms. The Morgan fingerprint density at radius 3 is 2.64 bits per heavy atom. The van der Waals surface area contributed by atoms with E-state index in [-0.39, 0.29) is 28.7 Å². The van der Waals surface area contributed by atoms with Gasteiger partial charge < -0.3 is 20.1 Å². The van der Waals surface area contributed by atoms with Gasteiger partial charge in [0.05, 0.1) is 12.1 Å². The first-order valence-corrected chi connectivity index (χ1v) is 8.90. The molecule has 0 saturated carbocycles. The van der Waals surface area contributed by atoms with Crippen LogP contribution in [0.4, 0.5) is 0 Å². The van der Waals surface area contributed by atoms with Crippen molar-refractivity contribution < 1.29 is 9.84 Å². The van der Waals surface area contributed by atoms with Crippen molar-refractivity contribution in [3.8, 4) is 0 Å². The molecule has 0 unspecified atom stereocenters. The average Bonchev–Trinajstić information content (AvgIpc) is 2.43. The Hall–Kier alpha value is 0.270. The summed E-state index contributed by atoms with van der Waals surface area (Å²) in [7, 11) is 0. The molecule has 0 radical (unpaired) electrons. The molecule has 2 aliphatic heterocycles. The van der Waals surface area contributed by atoms with Crippen LogP contribution in [-0.2, 0) is 4.74 Å². The summed E-state index contributed by atoms with van der Waals surface area (Å²) in [5.74, 6) is 2.06. The van der Waals surface area contributed by atoms with Gasteiger partial charge >= 0.3 is 0 Å². The van der Waals surface area contributed by atoms with Crippen LogP contribution in [0.3, 0.4) is 0 Å². The van der Waals surface area contributed by atoms with Gasteiger partial charge in [-0.3, -0.25) is 4.99 Å². The van der Waals surface area contributed by atoms with Crippen molar-refractivity contribution in [3.05, 3.63) is 0 Å². The first kappa shape index (κ1) is 20.3. The highest BCUT2D eigenvalue weighted by Gasteiger charge is 2.31. The molecule has 2 N–H and O–H groups in total. The molecule has 0 aromatic rings. The van der Waals surface area contributed by atoms with Crippen molar-refractivity contribution in [2.45, 2.75) is 44.0 Å². The molecule has 2 saturated heterocycles. The fraction of sp³-hybridized carbons (Fsp3) is 0.933. The highest BCUT2D eigenvalue weighted by Crippen LogP contribution is 2.29. The highest BCUT2D eigenvalue weighted by molar-refractivity contribution is 14.0. The summed E-state index contributed by atoms with van der Waals surface area (Å²) in [6, 6.07) is 0. The molecule has 0 aliphatic carbocycles. The van der Waals surface area contributed by atoms with Crippen molar-refractivity contribution in [2.75, 3.05) is 45.1 Å². The van der Waals surface area contributed by atoms with E-state index in [0.717, 1.165) is 31.3 Å². The molecule has 2 aliphatic rings. The SMILES string of the molecule is CCNC(=NCC1(O)CCOCC1)N1CCSC(C)(C)C1.I. The lowest BCUT2D eigenvalue weighted by Crippen LogP contribution is -2.51. The third kappa shape index (κ3) is 6.05. The van der Waals surface area contributed by atoms with E-state index in [1.165, 1.54) is 0 Å². The van der Waals surface area contributed by atoms with Gasteiger partial charge in [-0.2, -0.15) is 11.8 Å². The molecule has 0 spiro atoms. The van der Waals surface area contributed by atoms with Crippen molar-refractivity contribution in [3.63, 3.8) is 0 Å². The minimum Gasteiger partial charge on any atom is -0.388 e. The lowest BCUT2D eigenvalue weighted by atomic mass is 9.95. The fourth-order valence-electron chi connectivity index (χ4n) is 2.75. The Morgan fingerprint density at radius 2 is 2.05 bits per heavy atom. The minimum atomic E-state index is -0.695. The largest absolute Gasteiger partial charge is 0.388 e. The monoisotopic (exact) mass is 443 g/mol. The number of nitrogens with one attached hydrogen (secondary N) is 1. The van der Waals surface area contributed by atoms with Gasteiger partial charge in [-0.25, -0.2) is 0 Å². The molecule has 0 aromatic carbocycles. The molecular formula is C15H30IN3O2S. The molecule has 0 aromatic heterocycles. The zero-order valence-electron chi connectivity index (χ0n) is 13.9. The molecule has 2 fully saturated rings. The van der Waals surface area contributed by atoms with Gasteiger partial charge in [0.25, 0.3) is 0 Å². The Kier molecular flexibility index (Phi) is 8.25. The van der Waals surface area contributed by atoms with E-state index in [9.17, 15) is 5.11 Å². The van der Waals surface area contributed by atoms with Gasteiger partial charge in [-0.15, -0.1) is 24.0 Å². The maximum absolute atomic E-state index is 10.6. The van der Waals surface area contributed by atoms with E-state index in [2.05, 4.69) is 31.0 Å². The zero-order chi connectivity index (χ0) is 15.3. The lowest BCUT2D eigenvalue weighted by molar-refractivity contribution is -0.0566. The quantitative estimate of drug-likeness (QED) is 0.397. The van der Waals surface area contributed by atoms with Gasteiger partial charge in [0, 0.05) is 56.2 Å². The van der Waals surface area contributed by atoms with E-state index in [4.69, 9.17) is 9.73 Å². The Labute approximate surface area is 155 Å². The van der Waals surface area contributed by atoms with E-state index in [1.54, 1.807) is 0 Å². The van der Waals surface area contributed by atoms with Crippen LogP contribution in [-0.4, -0.2) is 71.5 Å². The smallest absolute Gasteiger partial charge is 0.194 e. The summed E-state index contributed by atoms with van der Waals surface area (Å²) in [6.07, 6.45) is 1.36. The van der Waals surface area contributed by atoms with E-state index in [0.29, 0.717) is 32.6 Å². The molecule has 0 atom stereocenters. The second-order valence-corrected chi connectivity index (χ2v) is 8.34. The summed E-state index contributed by atoms with van der Waals surface area (Å²) in [4.78, 5) is 7.04. The van der Waals surface area contributed by atoms with Crippen molar-refractivity contribution in [1.29, 1.82) is 0 Å². The van der Waals surface area contributed by atoms with Gasteiger partial charge in [0.1, 0.15) is 0 Å². The van der Waals surface area contributed by atoms with Crippen LogP contribution in [0.1, 0.15) is 33.6 Å². The van der Waals surface area contributed by atoms with Gasteiger partial charge in [-0.1, -0.05) is 0 Å². The first-order chi connectivity index (χ1) is 9.94. The number of halogens is 1. The first-order valence-electron chi connectivity index (χ1n) is 7.91. The molecule has 0 amide bonds. The maximum Gasteiger partial charge on any atom is 0.194 e. The normalized spacial score (nSPS) is 24.5. The molecule has 22 heavy (non-hydrogen) atoms. The Morgan fingerprint density at radius 1 is 1.36 bits per heavy atom. The number of rotatable bonds is 3. The molecule has 5 nitrogen and oxygen atoms in total. The van der Waals surface area contributed by atoms with Crippen molar-refractivity contribution in [1.82, 2.24) is 10.2 Å². The van der Waals surface area contributed by atoms with Gasteiger partial charge in [0.2, 0.25) is 0 Å². The topological polar surface area (TPSA) is 57.1 Å². The number of aliphatic imine (C=N–C) groups is 1. The summed E-state index contributed by atoms with van der Waals surface area (Å²) in [5.41, 5.74) is -0.695. The number of nitrogens with zero attached hydrogens (tertiary/aromatic N) is 2. The second-order valence-electron chi connectivity index (χ2n) is 6.54. The number of hydrogen-bond acceptors (Lipinski definition) is 4. The molecular weight excluding hydrogens is 413 g/mol. The number of guanidine groups is 1. The standard InChI is InChI=1S/C15H29N3O2S.HI/c1-4-16-13(18-7-10-21-14(2,3)12-18)17-11-15(19)5-8-20-9-6-15;/h19H,4-12H2,1-3H3,(H,16,17);1H. The van der Waals surface area contributed by atoms with E-state index in [1.807, 2.05) is 11.8 Å². The summed E-state index contributed by atoms with van der Waals surface area (Å²) in [5, 5.41) is 13.9. The van der Waals surface area contributed by atoms with Crippen LogP contribution in [0.5, 0.6) is 0 Å². The fourth-order valence-corrected chi connectivity index (χ4v) is 3.87.